The minimum Gasteiger partial charge on any atom is -0.493 e. The van der Waals surface area contributed by atoms with Crippen LogP contribution >= 0.6 is 0 Å². The van der Waals surface area contributed by atoms with E-state index >= 15 is 0 Å². The summed E-state index contributed by atoms with van der Waals surface area (Å²) in [5.74, 6) is -1.29. The Hall–Kier alpha value is -3.17. The van der Waals surface area contributed by atoms with Crippen molar-refractivity contribution in [1.29, 1.82) is 0 Å². The van der Waals surface area contributed by atoms with E-state index in [0.29, 0.717) is 5.69 Å². The van der Waals surface area contributed by atoms with E-state index in [4.69, 9.17) is 0 Å². The Bertz CT molecular complexity index is 913. The maximum absolute atomic E-state index is 13.1. The highest BCUT2D eigenvalue weighted by molar-refractivity contribution is 5.97. The Labute approximate surface area is 132 Å². The molecule has 10 heteroatoms. The third-order valence-electron chi connectivity index (χ3n) is 3.25. The molecular weight excluding hydrogens is 327 g/mol. The van der Waals surface area contributed by atoms with Crippen molar-refractivity contribution in [1.82, 2.24) is 15.2 Å². The zero-order chi connectivity index (χ0) is 17.3. The minimum absolute atomic E-state index is 0.0392. The van der Waals surface area contributed by atoms with Crippen LogP contribution in [0.15, 0.2) is 40.7 Å². The van der Waals surface area contributed by atoms with E-state index in [1.54, 1.807) is 6.07 Å². The molecule has 7 nitrogen and oxygen atoms in total. The number of hydrogen-bond acceptors (Lipinski definition) is 4. The summed E-state index contributed by atoms with van der Waals surface area (Å²) >= 11 is 0. The zero-order valence-corrected chi connectivity index (χ0v) is 11.9. The lowest BCUT2D eigenvalue weighted by Crippen LogP contribution is -2.05. The summed E-state index contributed by atoms with van der Waals surface area (Å²) in [5, 5.41) is 22.5. The number of nitrogens with one attached hydrogen (secondary N) is 2. The second-order valence-corrected chi connectivity index (χ2v) is 4.90. The Morgan fingerprint density at radius 2 is 2.08 bits per heavy atom. The summed E-state index contributed by atoms with van der Waals surface area (Å²) in [4.78, 5) is 14.1. The van der Waals surface area contributed by atoms with E-state index in [1.165, 1.54) is 18.3 Å². The van der Waals surface area contributed by atoms with E-state index in [9.17, 15) is 23.1 Å². The third kappa shape index (κ3) is 2.98. The number of nitrogens with zero attached hydrogens (tertiary/aromatic N) is 3. The van der Waals surface area contributed by atoms with Gasteiger partial charge < -0.3 is 10.1 Å². The normalized spacial score (nSPS) is 12.3. The molecule has 0 bridgehead atoms. The van der Waals surface area contributed by atoms with Crippen molar-refractivity contribution in [2.75, 3.05) is 0 Å². The first-order valence-electron chi connectivity index (χ1n) is 6.70. The number of hydrogen-bond donors (Lipinski definition) is 3. The summed E-state index contributed by atoms with van der Waals surface area (Å²) in [6.45, 7) is 0. The molecule has 0 saturated heterocycles. The van der Waals surface area contributed by atoms with Gasteiger partial charge in [-0.1, -0.05) is 6.07 Å². The van der Waals surface area contributed by atoms with Crippen molar-refractivity contribution in [3.8, 4) is 5.88 Å². The van der Waals surface area contributed by atoms with Gasteiger partial charge in [-0.2, -0.15) is 18.3 Å². The van der Waals surface area contributed by atoms with Gasteiger partial charge in [0.2, 0.25) is 5.88 Å². The van der Waals surface area contributed by atoms with Gasteiger partial charge in [-0.05, 0) is 18.2 Å². The van der Waals surface area contributed by atoms with E-state index in [1.807, 2.05) is 0 Å². The summed E-state index contributed by atoms with van der Waals surface area (Å²) in [7, 11) is 0. The second kappa shape index (κ2) is 5.80. The van der Waals surface area contributed by atoms with Gasteiger partial charge >= 0.3 is 6.18 Å². The number of alkyl halides is 3. The zero-order valence-electron chi connectivity index (χ0n) is 11.9. The molecule has 1 amide bonds. The monoisotopic (exact) mass is 337 g/mol. The van der Waals surface area contributed by atoms with Crippen molar-refractivity contribution in [3.63, 3.8) is 0 Å². The van der Waals surface area contributed by atoms with Crippen LogP contribution in [0.1, 0.15) is 11.3 Å². The van der Waals surface area contributed by atoms with Crippen LogP contribution in [0.3, 0.4) is 0 Å². The number of benzene rings is 1. The van der Waals surface area contributed by atoms with E-state index in [2.05, 4.69) is 25.4 Å². The highest BCUT2D eigenvalue weighted by Gasteiger charge is 2.34. The first kappa shape index (κ1) is 15.7. The van der Waals surface area contributed by atoms with Gasteiger partial charge in [-0.15, -0.1) is 10.2 Å². The molecule has 24 heavy (non-hydrogen) atoms. The number of rotatable bonds is 3. The lowest BCUT2D eigenvalue weighted by atomic mass is 10.1. The average molecular weight is 337 g/mol. The molecule has 0 aliphatic heterocycles. The molecule has 0 radical (unpaired) electrons. The number of aromatic nitrogens is 3. The van der Waals surface area contributed by atoms with E-state index < -0.39 is 29.2 Å². The standard InChI is InChI=1S/C14H10F3N5O2/c15-14(16,17)8-2-1-3-9-11(8)12(13(24)19-9)22-21-10(23)6-7-4-5-18-20-7/h1-5,19,24H,6H2,(H,18,20). The summed E-state index contributed by atoms with van der Waals surface area (Å²) in [6, 6.07) is 4.97. The largest absolute Gasteiger partial charge is 0.493 e. The van der Waals surface area contributed by atoms with Crippen molar-refractivity contribution in [2.24, 2.45) is 10.2 Å². The maximum atomic E-state index is 13.1. The van der Waals surface area contributed by atoms with Crippen molar-refractivity contribution < 1.29 is 23.1 Å². The Kier molecular flexibility index (Phi) is 3.80. The third-order valence-corrected chi connectivity index (χ3v) is 3.25. The molecule has 3 aromatic rings. The SMILES string of the molecule is O=C(Cc1ccn[nH]1)N=Nc1c(O)[nH]c2cccc(C(F)(F)F)c12. The molecule has 3 rings (SSSR count). The molecule has 3 N–H and O–H groups in total. The molecular formula is C14H10F3N5O2. The number of amides is 1. The number of fused-ring (bicyclic) bond motifs is 1. The van der Waals surface area contributed by atoms with Crippen LogP contribution in [0.2, 0.25) is 0 Å². The number of carbonyl (C=O) groups is 1. The second-order valence-electron chi connectivity index (χ2n) is 4.90. The van der Waals surface area contributed by atoms with Crippen LogP contribution < -0.4 is 0 Å². The Morgan fingerprint density at radius 3 is 2.75 bits per heavy atom. The fourth-order valence-electron chi connectivity index (χ4n) is 2.24. The number of carbonyl (C=O) groups excluding carboxylic acids is 1. The Morgan fingerprint density at radius 1 is 1.29 bits per heavy atom. The maximum Gasteiger partial charge on any atom is 0.417 e. The molecule has 124 valence electrons. The average Bonchev–Trinajstić information content (AvgIpc) is 3.10. The van der Waals surface area contributed by atoms with E-state index in [0.717, 1.165) is 6.07 Å². The fraction of sp³-hybridized carbons (Fsp3) is 0.143. The van der Waals surface area contributed by atoms with Gasteiger partial charge in [0.1, 0.15) is 0 Å². The van der Waals surface area contributed by atoms with Gasteiger partial charge in [0.05, 0.1) is 17.5 Å². The van der Waals surface area contributed by atoms with Gasteiger partial charge in [0.25, 0.3) is 5.91 Å². The number of H-pyrrole nitrogens is 2. The van der Waals surface area contributed by atoms with E-state index in [-0.39, 0.29) is 17.3 Å². The van der Waals surface area contributed by atoms with Crippen LogP contribution in [-0.4, -0.2) is 26.2 Å². The fourth-order valence-corrected chi connectivity index (χ4v) is 2.24. The lowest BCUT2D eigenvalue weighted by molar-refractivity contribution is -0.136. The van der Waals surface area contributed by atoms with Crippen LogP contribution in [-0.2, 0) is 17.4 Å². The number of aromatic hydroxyl groups is 1. The molecule has 2 heterocycles. The van der Waals surface area contributed by atoms with Crippen molar-refractivity contribution in [3.05, 3.63) is 41.7 Å². The molecule has 0 atom stereocenters. The van der Waals surface area contributed by atoms with Gasteiger partial charge in [-0.25, -0.2) is 0 Å². The smallest absolute Gasteiger partial charge is 0.417 e. The minimum atomic E-state index is -4.64. The molecule has 0 spiro atoms. The quantitative estimate of drug-likeness (QED) is 0.637. The number of halogens is 3. The summed E-state index contributed by atoms with van der Waals surface area (Å²) < 4.78 is 39.3. The lowest BCUT2D eigenvalue weighted by Gasteiger charge is -2.07. The molecule has 0 aliphatic carbocycles. The molecule has 0 saturated carbocycles. The predicted octanol–water partition coefficient (Wildman–Crippen LogP) is 3.47. The topological polar surface area (TPSA) is 106 Å². The van der Waals surface area contributed by atoms with Gasteiger partial charge in [-0.3, -0.25) is 9.89 Å². The van der Waals surface area contributed by atoms with Crippen LogP contribution in [0.5, 0.6) is 5.88 Å². The summed E-state index contributed by atoms with van der Waals surface area (Å²) in [6.07, 6.45) is -3.34. The van der Waals surface area contributed by atoms with Crippen LogP contribution in [0.4, 0.5) is 18.9 Å². The highest BCUT2D eigenvalue weighted by Crippen LogP contribution is 2.43. The molecule has 0 fully saturated rings. The van der Waals surface area contributed by atoms with Crippen LogP contribution in [0.25, 0.3) is 10.9 Å². The predicted molar refractivity (Wildman–Crippen MR) is 76.8 cm³/mol. The molecule has 2 aromatic heterocycles. The number of azo groups is 1. The molecule has 1 aromatic carbocycles. The summed E-state index contributed by atoms with van der Waals surface area (Å²) in [5.41, 5.74) is -0.891. The number of aromatic amines is 2. The van der Waals surface area contributed by atoms with Gasteiger partial charge in [0.15, 0.2) is 5.69 Å². The van der Waals surface area contributed by atoms with Gasteiger partial charge in [0, 0.05) is 17.3 Å². The molecule has 0 aliphatic rings. The van der Waals surface area contributed by atoms with Crippen molar-refractivity contribution >= 4 is 22.5 Å². The van der Waals surface area contributed by atoms with Crippen LogP contribution in [0, 0.1) is 0 Å². The van der Waals surface area contributed by atoms with Crippen molar-refractivity contribution in [2.45, 2.75) is 12.6 Å². The first-order chi connectivity index (χ1) is 11.4. The molecule has 0 unspecified atom stereocenters. The Balaban J connectivity index is 1.98. The highest BCUT2D eigenvalue weighted by atomic mass is 19.4. The first-order valence-corrected chi connectivity index (χ1v) is 6.70.